The monoisotopic (exact) mass is 448 g/mol. The second-order valence-electron chi connectivity index (χ2n) is 7.42. The highest BCUT2D eigenvalue weighted by atomic mass is 19.4. The van der Waals surface area contributed by atoms with Gasteiger partial charge in [-0.1, -0.05) is 26.0 Å². The molecule has 0 saturated heterocycles. The average Bonchev–Trinajstić information content (AvgIpc) is 2.68. The molecule has 2 amide bonds. The topological polar surface area (TPSA) is 88.1 Å². The number of nitrogens with zero attached hydrogens (tertiary/aromatic N) is 1. The third-order valence-electron chi connectivity index (χ3n) is 4.32. The highest BCUT2D eigenvalue weighted by molar-refractivity contribution is 5.74. The summed E-state index contributed by atoms with van der Waals surface area (Å²) in [6.07, 6.45) is -4.54. The summed E-state index contributed by atoms with van der Waals surface area (Å²) < 4.78 is 47.9. The number of hydrogen-bond acceptors (Lipinski definition) is 4. The van der Waals surface area contributed by atoms with Gasteiger partial charge in [0.25, 0.3) is 0 Å². The number of nitrogens with one attached hydrogen (secondary N) is 1. The Labute approximate surface area is 180 Å². The minimum Gasteiger partial charge on any atom is -0.492 e. The van der Waals surface area contributed by atoms with E-state index in [-0.39, 0.29) is 25.5 Å². The molecule has 1 aromatic rings. The van der Waals surface area contributed by atoms with Crippen molar-refractivity contribution in [2.45, 2.75) is 45.9 Å². The molecule has 2 N–H and O–H groups in total. The molecule has 0 fully saturated rings. The predicted molar refractivity (Wildman–Crippen MR) is 109 cm³/mol. The van der Waals surface area contributed by atoms with Gasteiger partial charge in [-0.05, 0) is 37.0 Å². The lowest BCUT2D eigenvalue weighted by Gasteiger charge is -2.24. The number of alkyl halides is 3. The van der Waals surface area contributed by atoms with Gasteiger partial charge in [-0.2, -0.15) is 13.2 Å². The van der Waals surface area contributed by atoms with Crippen LogP contribution in [0.3, 0.4) is 0 Å². The van der Waals surface area contributed by atoms with Crippen molar-refractivity contribution < 1.29 is 37.3 Å². The third kappa shape index (κ3) is 11.5. The van der Waals surface area contributed by atoms with Gasteiger partial charge in [-0.25, -0.2) is 9.59 Å². The summed E-state index contributed by atoms with van der Waals surface area (Å²) in [4.78, 5) is 24.6. The van der Waals surface area contributed by atoms with Crippen LogP contribution < -0.4 is 10.1 Å². The fraction of sp³-hybridized carbons (Fsp3) is 0.619. The lowest BCUT2D eigenvalue weighted by Crippen LogP contribution is -2.45. The molecule has 7 nitrogen and oxygen atoms in total. The number of carboxylic acids is 1. The van der Waals surface area contributed by atoms with E-state index in [0.29, 0.717) is 25.3 Å². The van der Waals surface area contributed by atoms with E-state index < -0.39 is 30.8 Å². The summed E-state index contributed by atoms with van der Waals surface area (Å²) in [5, 5.41) is 11.0. The van der Waals surface area contributed by atoms with Crippen LogP contribution >= 0.6 is 0 Å². The first-order valence-electron chi connectivity index (χ1n) is 10.2. The van der Waals surface area contributed by atoms with Crippen LogP contribution in [0, 0.1) is 5.92 Å². The Bertz CT molecular complexity index is 681. The summed E-state index contributed by atoms with van der Waals surface area (Å²) in [5.41, 5.74) is 0.762. The van der Waals surface area contributed by atoms with E-state index in [0.717, 1.165) is 5.56 Å². The summed E-state index contributed by atoms with van der Waals surface area (Å²) >= 11 is 0. The van der Waals surface area contributed by atoms with Crippen molar-refractivity contribution in [2.24, 2.45) is 5.92 Å². The minimum absolute atomic E-state index is 0.105. The molecule has 176 valence electrons. The number of carboxylic acid groups (broad SMARTS) is 1. The van der Waals surface area contributed by atoms with E-state index in [4.69, 9.17) is 14.6 Å². The fourth-order valence-corrected chi connectivity index (χ4v) is 2.64. The molecule has 0 aliphatic rings. The van der Waals surface area contributed by atoms with E-state index in [1.54, 1.807) is 31.2 Å². The third-order valence-corrected chi connectivity index (χ3v) is 4.32. The Morgan fingerprint density at radius 2 is 1.81 bits per heavy atom. The standard InChI is InChI=1S/C21H31F3N2O5/c1-4-30-18(19(27)28)13-16-5-7-17(8-6-16)31-12-11-26(10-9-15(2)3)20(29)25-14-21(22,23)24/h5-8,15,18H,4,9-14H2,1-3H3,(H,25,29)(H,27,28). The molecule has 0 saturated carbocycles. The quantitative estimate of drug-likeness (QED) is 0.480. The Morgan fingerprint density at radius 1 is 1.16 bits per heavy atom. The second kappa shape index (κ2) is 13.0. The van der Waals surface area contributed by atoms with E-state index in [2.05, 4.69) is 0 Å². The van der Waals surface area contributed by atoms with Crippen molar-refractivity contribution in [3.8, 4) is 5.75 Å². The molecule has 0 aromatic heterocycles. The Balaban J connectivity index is 2.59. The summed E-state index contributed by atoms with van der Waals surface area (Å²) in [7, 11) is 0. The molecule has 0 aliphatic carbocycles. The molecular formula is C21H31F3N2O5. The smallest absolute Gasteiger partial charge is 0.405 e. The number of hydrogen-bond donors (Lipinski definition) is 2. The van der Waals surface area contributed by atoms with Gasteiger partial charge >= 0.3 is 18.2 Å². The lowest BCUT2D eigenvalue weighted by atomic mass is 10.1. The number of amides is 2. The number of halogens is 3. The molecule has 0 spiro atoms. The van der Waals surface area contributed by atoms with Crippen molar-refractivity contribution in [3.63, 3.8) is 0 Å². The summed E-state index contributed by atoms with van der Waals surface area (Å²) in [6, 6.07) is 5.99. The number of carbonyl (C=O) groups excluding carboxylic acids is 1. The van der Waals surface area contributed by atoms with Crippen molar-refractivity contribution in [1.29, 1.82) is 0 Å². The van der Waals surface area contributed by atoms with E-state index in [1.807, 2.05) is 19.2 Å². The predicted octanol–water partition coefficient (Wildman–Crippen LogP) is 3.72. The average molecular weight is 448 g/mol. The first-order chi connectivity index (χ1) is 14.5. The van der Waals surface area contributed by atoms with Crippen molar-refractivity contribution >= 4 is 12.0 Å². The van der Waals surface area contributed by atoms with Gasteiger partial charge in [0, 0.05) is 19.6 Å². The summed E-state index contributed by atoms with van der Waals surface area (Å²) in [6.45, 7) is 5.11. The van der Waals surface area contributed by atoms with Gasteiger partial charge in [-0.3, -0.25) is 0 Å². The van der Waals surface area contributed by atoms with Gasteiger partial charge in [0.2, 0.25) is 0 Å². The Hall–Kier alpha value is -2.49. The largest absolute Gasteiger partial charge is 0.492 e. The molecule has 0 bridgehead atoms. The highest BCUT2D eigenvalue weighted by Gasteiger charge is 2.28. The van der Waals surface area contributed by atoms with Crippen LogP contribution in [0.2, 0.25) is 0 Å². The van der Waals surface area contributed by atoms with Gasteiger partial charge in [0.05, 0.1) is 6.54 Å². The van der Waals surface area contributed by atoms with Gasteiger partial charge in [0.15, 0.2) is 6.10 Å². The molecule has 1 atom stereocenters. The van der Waals surface area contributed by atoms with Crippen LogP contribution in [0.1, 0.15) is 32.8 Å². The van der Waals surface area contributed by atoms with Crippen LogP contribution in [0.15, 0.2) is 24.3 Å². The van der Waals surface area contributed by atoms with Crippen LogP contribution in [-0.2, 0) is 16.0 Å². The number of rotatable bonds is 13. The number of urea groups is 1. The molecular weight excluding hydrogens is 417 g/mol. The maximum Gasteiger partial charge on any atom is 0.405 e. The first kappa shape index (κ1) is 26.5. The van der Waals surface area contributed by atoms with Crippen LogP contribution in [0.4, 0.5) is 18.0 Å². The van der Waals surface area contributed by atoms with Crippen LogP contribution in [-0.4, -0.2) is 67.1 Å². The van der Waals surface area contributed by atoms with Crippen LogP contribution in [0.5, 0.6) is 5.75 Å². The maximum absolute atomic E-state index is 12.4. The normalized spacial score (nSPS) is 12.5. The summed E-state index contributed by atoms with van der Waals surface area (Å²) in [5.74, 6) is -0.239. The molecule has 1 rings (SSSR count). The highest BCUT2D eigenvalue weighted by Crippen LogP contribution is 2.15. The molecule has 0 aliphatic heterocycles. The SMILES string of the molecule is CCOC(Cc1ccc(OCCN(CCC(C)C)C(=O)NCC(F)(F)F)cc1)C(=O)O. The number of ether oxygens (including phenoxy) is 2. The molecule has 31 heavy (non-hydrogen) atoms. The number of aliphatic carboxylic acids is 1. The second-order valence-corrected chi connectivity index (χ2v) is 7.42. The number of carbonyl (C=O) groups is 2. The van der Waals surface area contributed by atoms with Gasteiger partial charge < -0.3 is 24.8 Å². The van der Waals surface area contributed by atoms with Crippen LogP contribution in [0.25, 0.3) is 0 Å². The zero-order chi connectivity index (χ0) is 23.4. The Morgan fingerprint density at radius 3 is 2.32 bits per heavy atom. The minimum atomic E-state index is -4.47. The number of benzene rings is 1. The van der Waals surface area contributed by atoms with E-state index >= 15 is 0 Å². The zero-order valence-corrected chi connectivity index (χ0v) is 18.1. The van der Waals surface area contributed by atoms with Crippen molar-refractivity contribution in [2.75, 3.05) is 32.8 Å². The zero-order valence-electron chi connectivity index (χ0n) is 18.1. The van der Waals surface area contributed by atoms with Gasteiger partial charge in [-0.15, -0.1) is 0 Å². The van der Waals surface area contributed by atoms with Crippen molar-refractivity contribution in [3.05, 3.63) is 29.8 Å². The van der Waals surface area contributed by atoms with Crippen molar-refractivity contribution in [1.82, 2.24) is 10.2 Å². The van der Waals surface area contributed by atoms with E-state index in [1.165, 1.54) is 4.90 Å². The molecule has 1 aromatic carbocycles. The Kier molecular flexibility index (Phi) is 11.2. The first-order valence-corrected chi connectivity index (χ1v) is 10.2. The molecule has 0 radical (unpaired) electrons. The lowest BCUT2D eigenvalue weighted by molar-refractivity contribution is -0.150. The van der Waals surface area contributed by atoms with Gasteiger partial charge in [0.1, 0.15) is 18.9 Å². The fourth-order valence-electron chi connectivity index (χ4n) is 2.64. The maximum atomic E-state index is 12.4. The molecule has 10 heteroatoms. The molecule has 0 heterocycles. The molecule has 1 unspecified atom stereocenters. The van der Waals surface area contributed by atoms with E-state index in [9.17, 15) is 22.8 Å².